The smallest absolute Gasteiger partial charge is 0.245 e. The Morgan fingerprint density at radius 2 is 1.96 bits per heavy atom. The van der Waals surface area contributed by atoms with E-state index in [0.717, 1.165) is 24.5 Å². The van der Waals surface area contributed by atoms with Gasteiger partial charge in [0, 0.05) is 38.1 Å². The molecule has 0 amide bonds. The fraction of sp³-hybridized carbons (Fsp3) is 0.438. The van der Waals surface area contributed by atoms with E-state index in [0.29, 0.717) is 37.9 Å². The van der Waals surface area contributed by atoms with Crippen LogP contribution < -0.4 is 0 Å². The van der Waals surface area contributed by atoms with Crippen LogP contribution in [0.25, 0.3) is 0 Å². The Balaban J connectivity index is 1.68. The highest BCUT2D eigenvalue weighted by atomic mass is 32.2. The minimum atomic E-state index is -3.93. The largest absolute Gasteiger partial charge is 0.335 e. The molecule has 1 aromatic carbocycles. The van der Waals surface area contributed by atoms with Gasteiger partial charge in [-0.15, -0.1) is 0 Å². The summed E-state index contributed by atoms with van der Waals surface area (Å²) < 4.78 is 55.2. The number of hydrogen-bond donors (Lipinski definition) is 0. The third-order valence-corrected chi connectivity index (χ3v) is 6.40. The lowest BCUT2D eigenvalue weighted by molar-refractivity contribution is 0.251. The van der Waals surface area contributed by atoms with E-state index in [1.807, 2.05) is 13.1 Å². The first-order valence-electron chi connectivity index (χ1n) is 7.81. The molecule has 2 aromatic rings. The van der Waals surface area contributed by atoms with Crippen molar-refractivity contribution in [2.24, 2.45) is 5.92 Å². The maximum atomic E-state index is 13.8. The van der Waals surface area contributed by atoms with Gasteiger partial charge in [0.25, 0.3) is 0 Å². The zero-order chi connectivity index (χ0) is 17.3. The number of hydrogen-bond acceptors (Lipinski definition) is 3. The van der Waals surface area contributed by atoms with E-state index in [4.69, 9.17) is 0 Å². The predicted octanol–water partition coefficient (Wildman–Crippen LogP) is 2.57. The molecule has 8 heteroatoms. The van der Waals surface area contributed by atoms with Gasteiger partial charge in [-0.2, -0.15) is 4.31 Å². The SMILES string of the molecule is Cc1nccn1CC1CCN(S(=O)(=O)c2ccc(F)cc2F)CC1. The molecule has 0 radical (unpaired) electrons. The second kappa shape index (κ2) is 6.60. The first-order chi connectivity index (χ1) is 11.4. The fourth-order valence-corrected chi connectivity index (χ4v) is 4.55. The number of piperidine rings is 1. The van der Waals surface area contributed by atoms with Gasteiger partial charge in [-0.3, -0.25) is 0 Å². The first-order valence-corrected chi connectivity index (χ1v) is 9.25. The second-order valence-corrected chi connectivity index (χ2v) is 7.96. The minimum Gasteiger partial charge on any atom is -0.335 e. The van der Waals surface area contributed by atoms with Crippen molar-refractivity contribution in [2.45, 2.75) is 31.2 Å². The van der Waals surface area contributed by atoms with Crippen molar-refractivity contribution in [1.82, 2.24) is 13.9 Å². The normalized spacial score (nSPS) is 17.3. The van der Waals surface area contributed by atoms with Gasteiger partial charge in [-0.25, -0.2) is 22.2 Å². The quantitative estimate of drug-likeness (QED) is 0.847. The van der Waals surface area contributed by atoms with Crippen LogP contribution in [0.5, 0.6) is 0 Å². The number of aromatic nitrogens is 2. The molecule has 130 valence electrons. The van der Waals surface area contributed by atoms with E-state index in [9.17, 15) is 17.2 Å². The summed E-state index contributed by atoms with van der Waals surface area (Å²) in [4.78, 5) is 3.71. The van der Waals surface area contributed by atoms with Crippen molar-refractivity contribution < 1.29 is 17.2 Å². The molecule has 2 heterocycles. The van der Waals surface area contributed by atoms with Crippen molar-refractivity contribution in [3.63, 3.8) is 0 Å². The topological polar surface area (TPSA) is 55.2 Å². The number of sulfonamides is 1. The van der Waals surface area contributed by atoms with Crippen molar-refractivity contribution in [3.8, 4) is 0 Å². The highest BCUT2D eigenvalue weighted by Gasteiger charge is 2.31. The third-order valence-electron chi connectivity index (χ3n) is 4.46. The van der Waals surface area contributed by atoms with Crippen molar-refractivity contribution in [1.29, 1.82) is 0 Å². The molecule has 1 aliphatic rings. The molecular formula is C16H19F2N3O2S. The molecule has 0 atom stereocenters. The number of aryl methyl sites for hydroxylation is 1. The Morgan fingerprint density at radius 1 is 1.25 bits per heavy atom. The van der Waals surface area contributed by atoms with Gasteiger partial charge in [-0.1, -0.05) is 0 Å². The van der Waals surface area contributed by atoms with Crippen molar-refractivity contribution in [3.05, 3.63) is 48.1 Å². The summed E-state index contributed by atoms with van der Waals surface area (Å²) in [6, 6.07) is 2.55. The summed E-state index contributed by atoms with van der Waals surface area (Å²) in [5.41, 5.74) is 0. The van der Waals surface area contributed by atoms with E-state index < -0.39 is 26.6 Å². The summed E-state index contributed by atoms with van der Waals surface area (Å²) in [7, 11) is -3.93. The molecule has 0 spiro atoms. The van der Waals surface area contributed by atoms with Gasteiger partial charge in [0.05, 0.1) is 0 Å². The Kier molecular flexibility index (Phi) is 4.69. The number of rotatable bonds is 4. The Morgan fingerprint density at radius 3 is 2.54 bits per heavy atom. The monoisotopic (exact) mass is 355 g/mol. The summed E-state index contributed by atoms with van der Waals surface area (Å²) in [5, 5.41) is 0. The summed E-state index contributed by atoms with van der Waals surface area (Å²) in [5.74, 6) is -0.562. The van der Waals surface area contributed by atoms with Crippen LogP contribution in [0.1, 0.15) is 18.7 Å². The van der Waals surface area contributed by atoms with Crippen LogP contribution in [-0.2, 0) is 16.6 Å². The number of halogens is 2. The lowest BCUT2D eigenvalue weighted by Gasteiger charge is -2.31. The zero-order valence-corrected chi connectivity index (χ0v) is 14.1. The first kappa shape index (κ1) is 17.0. The molecule has 1 aromatic heterocycles. The molecule has 5 nitrogen and oxygen atoms in total. The number of benzene rings is 1. The van der Waals surface area contributed by atoms with Gasteiger partial charge in [0.2, 0.25) is 10.0 Å². The molecule has 3 rings (SSSR count). The summed E-state index contributed by atoms with van der Waals surface area (Å²) >= 11 is 0. The molecule has 0 N–H and O–H groups in total. The number of nitrogens with zero attached hydrogens (tertiary/aromatic N) is 3. The standard InChI is InChI=1S/C16H19F2N3O2S/c1-12-19-6-9-20(12)11-13-4-7-21(8-5-13)24(22,23)16-3-2-14(17)10-15(16)18/h2-3,6,9-10,13H,4-5,7-8,11H2,1H3. The Labute approximate surface area is 140 Å². The summed E-state index contributed by atoms with van der Waals surface area (Å²) in [6.07, 6.45) is 5.04. The summed E-state index contributed by atoms with van der Waals surface area (Å²) in [6.45, 7) is 3.39. The Bertz CT molecular complexity index is 828. The van der Waals surface area contributed by atoms with Crippen LogP contribution in [0.15, 0.2) is 35.5 Å². The van der Waals surface area contributed by atoms with Crippen LogP contribution in [-0.4, -0.2) is 35.4 Å². The average molecular weight is 355 g/mol. The van der Waals surface area contributed by atoms with Crippen molar-refractivity contribution in [2.75, 3.05) is 13.1 Å². The van der Waals surface area contributed by atoms with Gasteiger partial charge < -0.3 is 4.57 Å². The molecule has 24 heavy (non-hydrogen) atoms. The van der Waals surface area contributed by atoms with Gasteiger partial charge in [-0.05, 0) is 37.8 Å². The molecule has 0 aliphatic carbocycles. The molecule has 1 fully saturated rings. The molecule has 1 saturated heterocycles. The highest BCUT2D eigenvalue weighted by Crippen LogP contribution is 2.26. The lowest BCUT2D eigenvalue weighted by Crippen LogP contribution is -2.39. The molecular weight excluding hydrogens is 336 g/mol. The van der Waals surface area contributed by atoms with E-state index in [2.05, 4.69) is 9.55 Å². The maximum absolute atomic E-state index is 13.8. The van der Waals surface area contributed by atoms with Crippen LogP contribution in [0.4, 0.5) is 8.78 Å². The molecule has 0 bridgehead atoms. The van der Waals surface area contributed by atoms with Crippen LogP contribution >= 0.6 is 0 Å². The van der Waals surface area contributed by atoms with Crippen molar-refractivity contribution >= 4 is 10.0 Å². The third kappa shape index (κ3) is 3.34. The van der Waals surface area contributed by atoms with Crippen LogP contribution in [0, 0.1) is 24.5 Å². The van der Waals surface area contributed by atoms with Gasteiger partial charge in [0.15, 0.2) is 0 Å². The van der Waals surface area contributed by atoms with Gasteiger partial charge >= 0.3 is 0 Å². The molecule has 0 saturated carbocycles. The van der Waals surface area contributed by atoms with E-state index >= 15 is 0 Å². The van der Waals surface area contributed by atoms with Crippen LogP contribution in [0.3, 0.4) is 0 Å². The van der Waals surface area contributed by atoms with Gasteiger partial charge in [0.1, 0.15) is 22.4 Å². The van der Waals surface area contributed by atoms with E-state index in [1.54, 1.807) is 6.20 Å². The minimum absolute atomic E-state index is 0.331. The van der Waals surface area contributed by atoms with E-state index in [-0.39, 0.29) is 0 Å². The predicted molar refractivity (Wildman–Crippen MR) is 84.8 cm³/mol. The second-order valence-electron chi connectivity index (χ2n) is 6.05. The zero-order valence-electron chi connectivity index (χ0n) is 13.3. The molecule has 0 unspecified atom stereocenters. The van der Waals surface area contributed by atoms with E-state index in [1.165, 1.54) is 4.31 Å². The lowest BCUT2D eigenvalue weighted by atomic mass is 9.98. The Hall–Kier alpha value is -1.80. The highest BCUT2D eigenvalue weighted by molar-refractivity contribution is 7.89. The maximum Gasteiger partial charge on any atom is 0.245 e. The average Bonchev–Trinajstić information content (AvgIpc) is 2.92. The molecule has 1 aliphatic heterocycles. The van der Waals surface area contributed by atoms with Crippen LogP contribution in [0.2, 0.25) is 0 Å². The fourth-order valence-electron chi connectivity index (χ4n) is 3.03. The number of imidazole rings is 1.